The Balaban J connectivity index is 2.05. The largest absolute Gasteiger partial charge is 0.500 e. The number of nitrogens with zero attached hydrogens (tertiary/aromatic N) is 1. The lowest BCUT2D eigenvalue weighted by Gasteiger charge is -2.16. The molecule has 1 heterocycles. The zero-order valence-electron chi connectivity index (χ0n) is 9.44. The van der Waals surface area contributed by atoms with Crippen LogP contribution < -0.4 is 4.72 Å². The molecule has 1 aliphatic carbocycles. The number of aromatic nitrogens is 1. The molecule has 2 rings (SSSR count). The molecule has 90 valence electrons. The highest BCUT2D eigenvalue weighted by Crippen LogP contribution is 2.34. The number of halogens is 1. The van der Waals surface area contributed by atoms with Crippen LogP contribution in [0.25, 0.3) is 0 Å². The Kier molecular flexibility index (Phi) is 4.50. The fourth-order valence-corrected chi connectivity index (χ4v) is 2.90. The molecule has 0 aromatic carbocycles. The zero-order chi connectivity index (χ0) is 12.1. The maximum atomic E-state index is 5.38. The highest BCUT2D eigenvalue weighted by Gasteiger charge is 2.13. The number of hydrogen-bond donors (Lipinski definition) is 1. The van der Waals surface area contributed by atoms with Gasteiger partial charge in [-0.25, -0.2) is 0 Å². The van der Waals surface area contributed by atoms with Gasteiger partial charge in [-0.15, -0.1) is 0 Å². The third-order valence-corrected chi connectivity index (χ3v) is 3.87. The van der Waals surface area contributed by atoms with Crippen molar-refractivity contribution < 1.29 is 4.74 Å². The lowest BCUT2D eigenvalue weighted by Crippen LogP contribution is -1.99. The average Bonchev–Trinajstić information content (AvgIpc) is 2.38. The van der Waals surface area contributed by atoms with Crippen molar-refractivity contribution in [1.29, 1.82) is 0 Å². The van der Waals surface area contributed by atoms with Gasteiger partial charge in [0.1, 0.15) is 5.76 Å². The molecule has 0 atom stereocenters. The standard InChI is InChI=1S/C12H13BrN2OS/c1-16-11-5-4-9(13)7-12(11)17-15-10-3-2-6-14-8-10/h2-3,6-8,15H,4-5H2,1H3. The Morgan fingerprint density at radius 2 is 2.35 bits per heavy atom. The summed E-state index contributed by atoms with van der Waals surface area (Å²) in [6.07, 6.45) is 7.58. The van der Waals surface area contributed by atoms with Gasteiger partial charge in [0.25, 0.3) is 0 Å². The van der Waals surface area contributed by atoms with Crippen molar-refractivity contribution in [3.8, 4) is 0 Å². The van der Waals surface area contributed by atoms with Crippen LogP contribution in [0.5, 0.6) is 0 Å². The summed E-state index contributed by atoms with van der Waals surface area (Å²) in [5.74, 6) is 1.02. The summed E-state index contributed by atoms with van der Waals surface area (Å²) in [5.41, 5.74) is 0.982. The van der Waals surface area contributed by atoms with E-state index in [1.54, 1.807) is 31.5 Å². The fourth-order valence-electron chi connectivity index (χ4n) is 1.48. The van der Waals surface area contributed by atoms with Gasteiger partial charge in [0.05, 0.1) is 23.9 Å². The van der Waals surface area contributed by atoms with Crippen molar-refractivity contribution in [2.75, 3.05) is 11.8 Å². The molecule has 0 amide bonds. The second-order valence-corrected chi connectivity index (χ2v) is 5.40. The van der Waals surface area contributed by atoms with Crippen molar-refractivity contribution in [2.45, 2.75) is 12.8 Å². The van der Waals surface area contributed by atoms with Crippen LogP contribution in [0.15, 0.2) is 45.7 Å². The number of allylic oxidation sites excluding steroid dienone is 3. The molecular formula is C12H13BrN2OS. The van der Waals surface area contributed by atoms with Gasteiger partial charge in [-0.2, -0.15) is 0 Å². The lowest BCUT2D eigenvalue weighted by molar-refractivity contribution is 0.275. The van der Waals surface area contributed by atoms with Gasteiger partial charge in [0, 0.05) is 12.6 Å². The number of nitrogens with one attached hydrogen (secondary N) is 1. The SMILES string of the molecule is COC1=C(SNc2cccnc2)C=C(Br)CC1. The van der Waals surface area contributed by atoms with Gasteiger partial charge in [-0.05, 0) is 41.1 Å². The molecule has 0 saturated heterocycles. The number of methoxy groups -OCH3 is 1. The minimum atomic E-state index is 0.935. The first kappa shape index (κ1) is 12.5. The van der Waals surface area contributed by atoms with E-state index in [-0.39, 0.29) is 0 Å². The van der Waals surface area contributed by atoms with Gasteiger partial charge < -0.3 is 9.46 Å². The molecule has 1 N–H and O–H groups in total. The van der Waals surface area contributed by atoms with Gasteiger partial charge in [-0.1, -0.05) is 15.9 Å². The summed E-state index contributed by atoms with van der Waals surface area (Å²) in [5, 5.41) is 0. The van der Waals surface area contributed by atoms with Crippen LogP contribution in [0, 0.1) is 0 Å². The number of ether oxygens (including phenoxy) is 1. The van der Waals surface area contributed by atoms with Gasteiger partial charge in [0.2, 0.25) is 0 Å². The molecule has 3 nitrogen and oxygen atoms in total. The molecule has 5 heteroatoms. The highest BCUT2D eigenvalue weighted by molar-refractivity contribution is 9.11. The molecule has 0 bridgehead atoms. The second-order valence-electron chi connectivity index (χ2n) is 3.53. The molecule has 1 aromatic heterocycles. The molecule has 1 aliphatic rings. The van der Waals surface area contributed by atoms with Crippen LogP contribution in [0.1, 0.15) is 12.8 Å². The summed E-state index contributed by atoms with van der Waals surface area (Å²) in [6, 6.07) is 3.88. The fraction of sp³-hybridized carbons (Fsp3) is 0.250. The predicted molar refractivity (Wildman–Crippen MR) is 75.7 cm³/mol. The van der Waals surface area contributed by atoms with E-state index in [9.17, 15) is 0 Å². The molecule has 0 radical (unpaired) electrons. The smallest absolute Gasteiger partial charge is 0.111 e. The Morgan fingerprint density at radius 1 is 1.47 bits per heavy atom. The normalized spacial score (nSPS) is 15.5. The van der Waals surface area contributed by atoms with Crippen molar-refractivity contribution in [2.24, 2.45) is 0 Å². The lowest BCUT2D eigenvalue weighted by atomic mass is 10.1. The molecule has 17 heavy (non-hydrogen) atoms. The Labute approximate surface area is 114 Å². The number of pyridine rings is 1. The third-order valence-electron chi connectivity index (χ3n) is 2.34. The van der Waals surface area contributed by atoms with Crippen LogP contribution in [0.4, 0.5) is 5.69 Å². The Bertz CT molecular complexity index is 445. The molecule has 0 fully saturated rings. The average molecular weight is 313 g/mol. The molecule has 1 aromatic rings. The molecular weight excluding hydrogens is 300 g/mol. The molecule has 0 aliphatic heterocycles. The number of rotatable bonds is 4. The molecule has 0 spiro atoms. The van der Waals surface area contributed by atoms with E-state index in [4.69, 9.17) is 4.74 Å². The van der Waals surface area contributed by atoms with Crippen LogP contribution in [-0.2, 0) is 4.74 Å². The topological polar surface area (TPSA) is 34.1 Å². The maximum Gasteiger partial charge on any atom is 0.111 e. The second kappa shape index (κ2) is 6.12. The Morgan fingerprint density at radius 3 is 3.06 bits per heavy atom. The van der Waals surface area contributed by atoms with Crippen molar-refractivity contribution in [1.82, 2.24) is 4.98 Å². The predicted octanol–water partition coefficient (Wildman–Crippen LogP) is 4.07. The first-order valence-corrected chi connectivity index (χ1v) is 6.86. The van der Waals surface area contributed by atoms with Crippen molar-refractivity contribution in [3.63, 3.8) is 0 Å². The molecule has 0 unspecified atom stereocenters. The maximum absolute atomic E-state index is 5.38. The summed E-state index contributed by atoms with van der Waals surface area (Å²) < 4.78 is 9.83. The number of anilines is 1. The van der Waals surface area contributed by atoms with Crippen LogP contribution in [0.3, 0.4) is 0 Å². The van der Waals surface area contributed by atoms with Gasteiger partial charge in [-0.3, -0.25) is 4.98 Å². The summed E-state index contributed by atoms with van der Waals surface area (Å²) >= 11 is 5.07. The molecule has 0 saturated carbocycles. The zero-order valence-corrected chi connectivity index (χ0v) is 11.8. The van der Waals surface area contributed by atoms with Crippen LogP contribution in [-0.4, -0.2) is 12.1 Å². The number of hydrogen-bond acceptors (Lipinski definition) is 4. The monoisotopic (exact) mass is 312 g/mol. The van der Waals surface area contributed by atoms with E-state index < -0.39 is 0 Å². The minimum absolute atomic E-state index is 0.935. The minimum Gasteiger partial charge on any atom is -0.500 e. The van der Waals surface area contributed by atoms with E-state index in [0.717, 1.165) is 29.2 Å². The van der Waals surface area contributed by atoms with Gasteiger partial charge >= 0.3 is 0 Å². The van der Waals surface area contributed by atoms with E-state index in [2.05, 4.69) is 31.7 Å². The Hall–Kier alpha value is -0.940. The van der Waals surface area contributed by atoms with Crippen LogP contribution >= 0.6 is 27.9 Å². The summed E-state index contributed by atoms with van der Waals surface area (Å²) in [7, 11) is 1.72. The highest BCUT2D eigenvalue weighted by atomic mass is 79.9. The summed E-state index contributed by atoms with van der Waals surface area (Å²) in [6.45, 7) is 0. The van der Waals surface area contributed by atoms with Crippen molar-refractivity contribution in [3.05, 3.63) is 45.7 Å². The van der Waals surface area contributed by atoms with E-state index in [1.807, 2.05) is 12.1 Å². The van der Waals surface area contributed by atoms with Crippen LogP contribution in [0.2, 0.25) is 0 Å². The van der Waals surface area contributed by atoms with E-state index in [1.165, 1.54) is 4.48 Å². The first-order valence-electron chi connectivity index (χ1n) is 5.25. The van der Waals surface area contributed by atoms with E-state index >= 15 is 0 Å². The third kappa shape index (κ3) is 3.51. The van der Waals surface area contributed by atoms with Gasteiger partial charge in [0.15, 0.2) is 0 Å². The van der Waals surface area contributed by atoms with Crippen molar-refractivity contribution >= 4 is 33.6 Å². The first-order chi connectivity index (χ1) is 8.29. The summed E-state index contributed by atoms with van der Waals surface area (Å²) in [4.78, 5) is 5.16. The van der Waals surface area contributed by atoms with E-state index in [0.29, 0.717) is 0 Å². The quantitative estimate of drug-likeness (QED) is 0.850.